The zero-order valence-corrected chi connectivity index (χ0v) is 27.0. The van der Waals surface area contributed by atoms with Crippen LogP contribution in [-0.2, 0) is 14.3 Å². The number of Topliss-reactive ketones (excluding diaryl/α,β-unsaturated/α-hetero) is 1. The molecule has 0 N–H and O–H groups in total. The monoisotopic (exact) mass is 670 g/mol. The molecular weight excluding hydrogens is 642 g/mol. The number of ketones is 1. The number of nitrogens with zero attached hydrogens (tertiary/aromatic N) is 2. The van der Waals surface area contributed by atoms with Gasteiger partial charge in [-0.25, -0.2) is 14.2 Å². The predicted molar refractivity (Wildman–Crippen MR) is 177 cm³/mol. The van der Waals surface area contributed by atoms with E-state index >= 15 is 0 Å². The number of halogens is 3. The summed E-state index contributed by atoms with van der Waals surface area (Å²) in [4.78, 5) is 60.0. The standard InChI is InChI=1S/C37H29Cl2FN2O5/c1-18-15-22-16-26(18)32-31(22)35(44)42(36(32)45)24-9-5-20(6-10-24)29-17-27(25-11-12-28(39)19(2)33(25)41-29)37(46)47-30(13-14-38)34(43)21-3-7-23(40)8-4-21/h3-12,15,17,22,26,30-32H,13-14,16H2,1-2H3. The Kier molecular flexibility index (Phi) is 7.97. The van der Waals surface area contributed by atoms with Crippen molar-refractivity contribution in [2.45, 2.75) is 32.8 Å². The van der Waals surface area contributed by atoms with Crippen LogP contribution in [-0.4, -0.2) is 40.5 Å². The van der Waals surface area contributed by atoms with Gasteiger partial charge in [0, 0.05) is 33.8 Å². The molecule has 1 saturated carbocycles. The Morgan fingerprint density at radius 2 is 1.70 bits per heavy atom. The van der Waals surface area contributed by atoms with Crippen LogP contribution in [0.2, 0.25) is 5.02 Å². The molecule has 238 valence electrons. The minimum atomic E-state index is -1.20. The summed E-state index contributed by atoms with van der Waals surface area (Å²) in [6.45, 7) is 3.83. The number of imide groups is 1. The lowest BCUT2D eigenvalue weighted by Crippen LogP contribution is -2.32. The number of benzene rings is 3. The van der Waals surface area contributed by atoms with Crippen molar-refractivity contribution in [1.82, 2.24) is 4.98 Å². The van der Waals surface area contributed by atoms with E-state index in [1.54, 1.807) is 49.4 Å². The molecule has 2 aliphatic carbocycles. The van der Waals surface area contributed by atoms with Crippen molar-refractivity contribution in [1.29, 1.82) is 0 Å². The first kappa shape index (κ1) is 31.2. The number of aromatic nitrogens is 1. The molecule has 2 amide bonds. The van der Waals surface area contributed by atoms with Crippen LogP contribution in [0.15, 0.2) is 78.4 Å². The van der Waals surface area contributed by atoms with Crippen molar-refractivity contribution in [3.63, 3.8) is 0 Å². The number of aryl methyl sites for hydroxylation is 1. The summed E-state index contributed by atoms with van der Waals surface area (Å²) in [6.07, 6.45) is 1.86. The van der Waals surface area contributed by atoms with Gasteiger partial charge in [0.2, 0.25) is 17.6 Å². The molecule has 1 saturated heterocycles. The Morgan fingerprint density at radius 3 is 2.40 bits per heavy atom. The Hall–Kier alpha value is -4.40. The summed E-state index contributed by atoms with van der Waals surface area (Å²) in [7, 11) is 0. The first-order valence-electron chi connectivity index (χ1n) is 15.4. The normalized spacial score (nSPS) is 22.1. The quantitative estimate of drug-likeness (QED) is 0.0626. The van der Waals surface area contributed by atoms with E-state index < -0.39 is 23.7 Å². The fourth-order valence-electron chi connectivity index (χ4n) is 7.37. The number of pyridine rings is 1. The zero-order valence-electron chi connectivity index (χ0n) is 25.5. The molecule has 3 aliphatic rings. The maximum atomic E-state index is 13.8. The first-order valence-corrected chi connectivity index (χ1v) is 16.3. The van der Waals surface area contributed by atoms with E-state index in [1.807, 2.05) is 6.92 Å². The number of anilines is 1. The molecule has 5 unspecified atom stereocenters. The van der Waals surface area contributed by atoms with E-state index in [0.29, 0.717) is 38.4 Å². The topological polar surface area (TPSA) is 93.6 Å². The summed E-state index contributed by atoms with van der Waals surface area (Å²) >= 11 is 12.4. The second kappa shape index (κ2) is 12.0. The van der Waals surface area contributed by atoms with Gasteiger partial charge in [0.25, 0.3) is 0 Å². The van der Waals surface area contributed by atoms with Gasteiger partial charge in [-0.15, -0.1) is 11.6 Å². The number of hydrogen-bond acceptors (Lipinski definition) is 6. The van der Waals surface area contributed by atoms with E-state index in [1.165, 1.54) is 22.6 Å². The first-order chi connectivity index (χ1) is 22.6. The molecule has 7 nitrogen and oxygen atoms in total. The lowest BCUT2D eigenvalue weighted by Gasteiger charge is -2.19. The number of ether oxygens (including phenoxy) is 1. The summed E-state index contributed by atoms with van der Waals surface area (Å²) in [5.74, 6) is -2.41. The highest BCUT2D eigenvalue weighted by molar-refractivity contribution is 6.32. The van der Waals surface area contributed by atoms with E-state index in [4.69, 9.17) is 32.9 Å². The number of amides is 2. The van der Waals surface area contributed by atoms with E-state index in [2.05, 4.69) is 6.08 Å². The Morgan fingerprint density at radius 1 is 1.00 bits per heavy atom. The van der Waals surface area contributed by atoms with Crippen LogP contribution < -0.4 is 4.90 Å². The Bertz CT molecular complexity index is 2010. The second-order valence-corrected chi connectivity index (χ2v) is 13.2. The summed E-state index contributed by atoms with van der Waals surface area (Å²) in [6, 6.07) is 16.8. The highest BCUT2D eigenvalue weighted by Gasteiger charge is 2.60. The summed E-state index contributed by atoms with van der Waals surface area (Å²) < 4.78 is 19.2. The van der Waals surface area contributed by atoms with Crippen LogP contribution in [0.1, 0.15) is 46.0 Å². The number of allylic oxidation sites excluding steroid dienone is 2. The maximum Gasteiger partial charge on any atom is 0.339 e. The smallest absolute Gasteiger partial charge is 0.339 e. The predicted octanol–water partition coefficient (Wildman–Crippen LogP) is 7.74. The van der Waals surface area contributed by atoms with E-state index in [9.17, 15) is 23.6 Å². The van der Waals surface area contributed by atoms with Gasteiger partial charge >= 0.3 is 5.97 Å². The molecule has 47 heavy (non-hydrogen) atoms. The highest BCUT2D eigenvalue weighted by Crippen LogP contribution is 2.56. The number of esters is 1. The molecule has 2 fully saturated rings. The molecule has 3 aromatic carbocycles. The largest absolute Gasteiger partial charge is 0.450 e. The van der Waals surface area contributed by atoms with E-state index in [-0.39, 0.29) is 58.9 Å². The number of alkyl halides is 1. The fraction of sp³-hybridized carbons (Fsp3) is 0.270. The van der Waals surface area contributed by atoms with Gasteiger partial charge in [-0.05, 0) is 86.2 Å². The van der Waals surface area contributed by atoms with Crippen LogP contribution >= 0.6 is 23.2 Å². The van der Waals surface area contributed by atoms with Gasteiger partial charge in [-0.2, -0.15) is 0 Å². The lowest BCUT2D eigenvalue weighted by molar-refractivity contribution is -0.123. The number of carbonyl (C=O) groups excluding carboxylic acids is 4. The SMILES string of the molecule is CC1=CC2CC1C1C(=O)N(c3ccc(-c4cc(C(=O)OC(CCCl)C(=O)c5ccc(F)cc5)c5ccc(Cl)c(C)c5n4)cc3)C(=O)C21. The molecular formula is C37H29Cl2FN2O5. The summed E-state index contributed by atoms with van der Waals surface area (Å²) in [5.41, 5.74) is 4.20. The lowest BCUT2D eigenvalue weighted by atomic mass is 9.82. The van der Waals surface area contributed by atoms with E-state index in [0.717, 1.165) is 18.6 Å². The molecule has 0 radical (unpaired) electrons. The van der Waals surface area contributed by atoms with Gasteiger partial charge in [0.15, 0.2) is 6.10 Å². The minimum Gasteiger partial charge on any atom is -0.450 e. The fourth-order valence-corrected chi connectivity index (χ4v) is 7.72. The minimum absolute atomic E-state index is 0.0508. The summed E-state index contributed by atoms with van der Waals surface area (Å²) in [5, 5.41) is 0.938. The number of rotatable bonds is 8. The van der Waals surface area contributed by atoms with Crippen LogP contribution in [0.25, 0.3) is 22.2 Å². The molecule has 10 heteroatoms. The Balaban J connectivity index is 1.21. The van der Waals surface area contributed by atoms with Crippen LogP contribution in [0.5, 0.6) is 0 Å². The molecule has 0 spiro atoms. The third-order valence-corrected chi connectivity index (χ3v) is 10.4. The van der Waals surface area contributed by atoms with Gasteiger partial charge in [-0.3, -0.25) is 19.3 Å². The average molecular weight is 672 g/mol. The second-order valence-electron chi connectivity index (χ2n) is 12.4. The molecule has 2 heterocycles. The molecule has 1 aromatic heterocycles. The maximum absolute atomic E-state index is 13.8. The van der Waals surface area contributed by atoms with Gasteiger partial charge in [-0.1, -0.05) is 41.4 Å². The van der Waals surface area contributed by atoms with Crippen molar-refractivity contribution < 1.29 is 28.3 Å². The highest BCUT2D eigenvalue weighted by atomic mass is 35.5. The number of carbonyl (C=O) groups is 4. The van der Waals surface area contributed by atoms with Gasteiger partial charge in [0.1, 0.15) is 5.82 Å². The average Bonchev–Trinajstić information content (AvgIpc) is 3.71. The zero-order chi connectivity index (χ0) is 33.1. The van der Waals surface area contributed by atoms with Crippen molar-refractivity contribution in [2.75, 3.05) is 10.8 Å². The Labute approximate surface area is 280 Å². The number of fused-ring (bicyclic) bond motifs is 6. The van der Waals surface area contributed by atoms with Gasteiger partial charge < -0.3 is 4.74 Å². The van der Waals surface area contributed by atoms with Crippen molar-refractivity contribution in [2.24, 2.45) is 23.7 Å². The molecule has 4 aromatic rings. The van der Waals surface area contributed by atoms with Crippen LogP contribution in [0.4, 0.5) is 10.1 Å². The van der Waals surface area contributed by atoms with Crippen molar-refractivity contribution in [3.05, 3.63) is 106 Å². The number of hydrogen-bond donors (Lipinski definition) is 0. The molecule has 2 bridgehead atoms. The van der Waals surface area contributed by atoms with Gasteiger partial charge in [0.05, 0.1) is 34.3 Å². The molecule has 1 aliphatic heterocycles. The molecule has 5 atom stereocenters. The third-order valence-electron chi connectivity index (χ3n) is 9.73. The van der Waals surface area contributed by atoms with Crippen molar-refractivity contribution >= 4 is 63.4 Å². The van der Waals surface area contributed by atoms with Crippen molar-refractivity contribution in [3.8, 4) is 11.3 Å². The third kappa shape index (κ3) is 5.24. The van der Waals surface area contributed by atoms with Crippen LogP contribution in [0.3, 0.4) is 0 Å². The molecule has 7 rings (SSSR count). The van der Waals surface area contributed by atoms with Crippen LogP contribution in [0, 0.1) is 36.4 Å².